The maximum Gasteiger partial charge on any atom is 0.193 e. The van der Waals surface area contributed by atoms with Crippen LogP contribution in [0.1, 0.15) is 32.6 Å². The predicted molar refractivity (Wildman–Crippen MR) is 52.4 cm³/mol. The molecule has 1 rings (SSSR count). The van der Waals surface area contributed by atoms with Gasteiger partial charge in [0.05, 0.1) is 0 Å². The van der Waals surface area contributed by atoms with Crippen molar-refractivity contribution < 1.29 is 13.2 Å². The average Bonchev–Trinajstić information content (AvgIpc) is 2.85. The Hall–Kier alpha value is 0.200. The molecule has 0 spiro atoms. The lowest BCUT2D eigenvalue weighted by atomic mass is 10.2. The molecule has 1 heterocycles. The smallest absolute Gasteiger partial charge is 0.193 e. The van der Waals surface area contributed by atoms with Crippen LogP contribution in [0.2, 0.25) is 0 Å². The molecule has 2 unspecified atom stereocenters. The molecule has 1 fully saturated rings. The van der Waals surface area contributed by atoms with E-state index in [0.29, 0.717) is 0 Å². The number of ether oxygens (including phenoxy) is 1. The summed E-state index contributed by atoms with van der Waals surface area (Å²) in [5.74, 6) is 0. The van der Waals surface area contributed by atoms with Crippen LogP contribution in [-0.2, 0) is 14.6 Å². The standard InChI is InChI=1S/C8H15ClO3S/c1-2-3-4-5-7-8(12-7)13(10,11)6-9/h7-8H,2-6H2,1H3. The highest BCUT2D eigenvalue weighted by molar-refractivity contribution is 7.93. The fraction of sp³-hybridized carbons (Fsp3) is 1.00. The predicted octanol–water partition coefficient (Wildman–Crippen LogP) is 1.90. The highest BCUT2D eigenvalue weighted by Crippen LogP contribution is 2.32. The van der Waals surface area contributed by atoms with Crippen molar-refractivity contribution in [2.45, 2.75) is 44.1 Å². The van der Waals surface area contributed by atoms with E-state index in [-0.39, 0.29) is 11.3 Å². The Labute approximate surface area is 84.3 Å². The van der Waals surface area contributed by atoms with Crippen LogP contribution in [0.4, 0.5) is 0 Å². The molecule has 0 bridgehead atoms. The molecule has 0 aromatic carbocycles. The summed E-state index contributed by atoms with van der Waals surface area (Å²) in [6, 6.07) is 0. The normalized spacial score (nSPS) is 27.5. The molecule has 0 N–H and O–H groups in total. The molecule has 1 saturated heterocycles. The van der Waals surface area contributed by atoms with Gasteiger partial charge in [-0.05, 0) is 6.42 Å². The van der Waals surface area contributed by atoms with Crippen LogP contribution in [0.15, 0.2) is 0 Å². The third-order valence-corrected chi connectivity index (χ3v) is 4.47. The number of hydrogen-bond acceptors (Lipinski definition) is 3. The van der Waals surface area contributed by atoms with Gasteiger partial charge in [0.15, 0.2) is 15.3 Å². The number of sulfone groups is 1. The van der Waals surface area contributed by atoms with Gasteiger partial charge in [-0.25, -0.2) is 8.42 Å². The largest absolute Gasteiger partial charge is 0.352 e. The molecule has 0 saturated carbocycles. The van der Waals surface area contributed by atoms with E-state index in [4.69, 9.17) is 16.3 Å². The molecule has 0 aromatic rings. The van der Waals surface area contributed by atoms with E-state index in [1.165, 1.54) is 0 Å². The van der Waals surface area contributed by atoms with Gasteiger partial charge < -0.3 is 4.74 Å². The number of hydrogen-bond donors (Lipinski definition) is 0. The van der Waals surface area contributed by atoms with Gasteiger partial charge in [-0.3, -0.25) is 0 Å². The van der Waals surface area contributed by atoms with Gasteiger partial charge in [0.25, 0.3) is 0 Å². The molecule has 78 valence electrons. The number of alkyl halides is 1. The van der Waals surface area contributed by atoms with Gasteiger partial charge >= 0.3 is 0 Å². The molecule has 1 aliphatic rings. The molecule has 0 amide bonds. The monoisotopic (exact) mass is 226 g/mol. The lowest BCUT2D eigenvalue weighted by Crippen LogP contribution is -2.11. The first-order chi connectivity index (χ1) is 6.11. The van der Waals surface area contributed by atoms with Crippen LogP contribution in [0.5, 0.6) is 0 Å². The van der Waals surface area contributed by atoms with Gasteiger partial charge in [0.2, 0.25) is 0 Å². The van der Waals surface area contributed by atoms with Crippen molar-refractivity contribution in [3.63, 3.8) is 0 Å². The number of unbranched alkanes of at least 4 members (excludes halogenated alkanes) is 2. The summed E-state index contributed by atoms with van der Waals surface area (Å²) in [6.45, 7) is 2.11. The van der Waals surface area contributed by atoms with E-state index in [0.717, 1.165) is 25.7 Å². The third kappa shape index (κ3) is 3.11. The van der Waals surface area contributed by atoms with E-state index in [1.807, 2.05) is 0 Å². The van der Waals surface area contributed by atoms with Gasteiger partial charge in [0.1, 0.15) is 11.3 Å². The second-order valence-electron chi connectivity index (χ2n) is 3.31. The Morgan fingerprint density at radius 2 is 2.08 bits per heavy atom. The number of epoxide rings is 1. The third-order valence-electron chi connectivity index (χ3n) is 2.13. The van der Waals surface area contributed by atoms with Crippen molar-refractivity contribution in [2.75, 3.05) is 5.21 Å². The van der Waals surface area contributed by atoms with Crippen molar-refractivity contribution in [3.8, 4) is 0 Å². The zero-order valence-electron chi connectivity index (χ0n) is 7.70. The minimum atomic E-state index is -3.17. The van der Waals surface area contributed by atoms with Gasteiger partial charge in [-0.2, -0.15) is 0 Å². The minimum absolute atomic E-state index is 0.0877. The Kier molecular flexibility index (Phi) is 4.01. The summed E-state index contributed by atoms with van der Waals surface area (Å²) in [5, 5.41) is -0.331. The summed E-state index contributed by atoms with van der Waals surface area (Å²) in [6.07, 6.45) is 4.06. The molecule has 1 aliphatic heterocycles. The lowest BCUT2D eigenvalue weighted by Gasteiger charge is -1.94. The molecule has 0 aromatic heterocycles. The Morgan fingerprint density at radius 3 is 2.62 bits per heavy atom. The van der Waals surface area contributed by atoms with E-state index in [9.17, 15) is 8.42 Å². The second-order valence-corrected chi connectivity index (χ2v) is 5.97. The summed E-state index contributed by atoms with van der Waals surface area (Å²) >= 11 is 5.29. The van der Waals surface area contributed by atoms with Crippen LogP contribution in [0, 0.1) is 0 Å². The topological polar surface area (TPSA) is 46.7 Å². The van der Waals surface area contributed by atoms with E-state index < -0.39 is 15.3 Å². The molecule has 0 aliphatic carbocycles. The van der Waals surface area contributed by atoms with Crippen LogP contribution < -0.4 is 0 Å². The van der Waals surface area contributed by atoms with E-state index in [1.54, 1.807) is 0 Å². The molecule has 3 nitrogen and oxygen atoms in total. The maximum atomic E-state index is 11.1. The van der Waals surface area contributed by atoms with Gasteiger partial charge in [0, 0.05) is 0 Å². The van der Waals surface area contributed by atoms with Crippen molar-refractivity contribution in [1.29, 1.82) is 0 Å². The fourth-order valence-electron chi connectivity index (χ4n) is 1.30. The molecular formula is C8H15ClO3S. The van der Waals surface area contributed by atoms with Crippen LogP contribution in [0.3, 0.4) is 0 Å². The Bertz CT molecular complexity index is 250. The number of rotatable bonds is 6. The maximum absolute atomic E-state index is 11.1. The van der Waals surface area contributed by atoms with Crippen molar-refractivity contribution >= 4 is 21.4 Å². The zero-order chi connectivity index (χ0) is 9.90. The second kappa shape index (κ2) is 4.62. The molecule has 5 heteroatoms. The molecule has 13 heavy (non-hydrogen) atoms. The highest BCUT2D eigenvalue weighted by atomic mass is 35.5. The van der Waals surface area contributed by atoms with Crippen molar-refractivity contribution in [3.05, 3.63) is 0 Å². The van der Waals surface area contributed by atoms with Gasteiger partial charge in [-0.1, -0.05) is 26.2 Å². The first-order valence-electron chi connectivity index (χ1n) is 4.55. The van der Waals surface area contributed by atoms with Crippen molar-refractivity contribution in [1.82, 2.24) is 0 Å². The summed E-state index contributed by atoms with van der Waals surface area (Å²) in [5.41, 5.74) is -0.609. The molecule has 2 atom stereocenters. The Balaban J connectivity index is 2.23. The van der Waals surface area contributed by atoms with Crippen molar-refractivity contribution in [2.24, 2.45) is 0 Å². The highest BCUT2D eigenvalue weighted by Gasteiger charge is 2.47. The minimum Gasteiger partial charge on any atom is -0.352 e. The average molecular weight is 227 g/mol. The summed E-state index contributed by atoms with van der Waals surface area (Å²) < 4.78 is 27.3. The SMILES string of the molecule is CCCCCC1OC1S(=O)(=O)CCl. The first-order valence-corrected chi connectivity index (χ1v) is 6.80. The van der Waals surface area contributed by atoms with E-state index in [2.05, 4.69) is 6.92 Å². The quantitative estimate of drug-likeness (QED) is 0.395. The molecule has 0 radical (unpaired) electrons. The van der Waals surface area contributed by atoms with Gasteiger partial charge in [-0.15, -0.1) is 11.6 Å². The number of halogens is 1. The summed E-state index contributed by atoms with van der Waals surface area (Å²) in [7, 11) is -3.17. The zero-order valence-corrected chi connectivity index (χ0v) is 9.27. The fourth-order valence-corrected chi connectivity index (χ4v) is 2.71. The van der Waals surface area contributed by atoms with Crippen LogP contribution in [-0.4, -0.2) is 25.2 Å². The van der Waals surface area contributed by atoms with E-state index >= 15 is 0 Å². The lowest BCUT2D eigenvalue weighted by molar-refractivity contribution is 0.378. The summed E-state index contributed by atoms with van der Waals surface area (Å²) in [4.78, 5) is 0. The molecular weight excluding hydrogens is 212 g/mol. The first kappa shape index (κ1) is 11.3. The Morgan fingerprint density at radius 1 is 1.38 bits per heavy atom. The van der Waals surface area contributed by atoms with Crippen LogP contribution in [0.25, 0.3) is 0 Å². The van der Waals surface area contributed by atoms with Crippen LogP contribution >= 0.6 is 11.6 Å².